The van der Waals surface area contributed by atoms with Crippen molar-refractivity contribution in [1.29, 1.82) is 0 Å². The summed E-state index contributed by atoms with van der Waals surface area (Å²) in [5, 5.41) is 14.8. The minimum Gasteiger partial charge on any atom is -0.480 e. The maximum absolute atomic E-state index is 13.0. The third kappa shape index (κ3) is 7.22. The van der Waals surface area contributed by atoms with Crippen molar-refractivity contribution >= 4 is 30.4 Å². The number of rotatable bonds is 10. The first-order valence-corrected chi connectivity index (χ1v) is 10.3. The van der Waals surface area contributed by atoms with E-state index in [0.29, 0.717) is 0 Å². The van der Waals surface area contributed by atoms with E-state index in [0.717, 1.165) is 11.1 Å². The zero-order chi connectivity index (χ0) is 22.1. The van der Waals surface area contributed by atoms with Gasteiger partial charge in [-0.15, -0.1) is 12.6 Å². The van der Waals surface area contributed by atoms with Crippen LogP contribution in [-0.4, -0.2) is 33.8 Å². The fourth-order valence-corrected chi connectivity index (χ4v) is 3.73. The van der Waals surface area contributed by atoms with E-state index in [1.165, 1.54) is 0 Å². The number of thiol groups is 1. The Kier molecular flexibility index (Phi) is 8.47. The number of benzene rings is 2. The molecule has 160 valence electrons. The zero-order valence-corrected chi connectivity index (χ0v) is 18.1. The lowest BCUT2D eigenvalue weighted by atomic mass is 10.00. The Bertz CT molecular complexity index is 858. The lowest BCUT2D eigenvalue weighted by molar-refractivity contribution is -0.142. The fraction of sp³-hybridized carbons (Fsp3) is 0.348. The van der Waals surface area contributed by atoms with E-state index in [-0.39, 0.29) is 31.1 Å². The Morgan fingerprint density at radius 1 is 0.967 bits per heavy atom. The molecule has 0 aliphatic carbocycles. The van der Waals surface area contributed by atoms with Crippen LogP contribution in [0.2, 0.25) is 0 Å². The Hall–Kier alpha value is -2.80. The highest BCUT2D eigenvalue weighted by Gasteiger charge is 2.38. The molecule has 2 aromatic carbocycles. The van der Waals surface area contributed by atoms with Crippen molar-refractivity contribution in [2.24, 2.45) is 5.92 Å². The molecule has 2 aromatic rings. The van der Waals surface area contributed by atoms with Crippen LogP contribution in [-0.2, 0) is 27.2 Å². The van der Waals surface area contributed by atoms with Gasteiger partial charge in [-0.25, -0.2) is 4.79 Å². The van der Waals surface area contributed by atoms with Gasteiger partial charge < -0.3 is 15.7 Å². The molecule has 0 spiro atoms. The molecule has 0 aliphatic heterocycles. The zero-order valence-electron chi connectivity index (χ0n) is 17.2. The van der Waals surface area contributed by atoms with Gasteiger partial charge in [-0.2, -0.15) is 0 Å². The predicted molar refractivity (Wildman–Crippen MR) is 119 cm³/mol. The lowest BCUT2D eigenvalue weighted by Crippen LogP contribution is -2.59. The quantitative estimate of drug-likeness (QED) is 0.346. The number of nitrogens with one attached hydrogen (secondary N) is 2. The highest BCUT2D eigenvalue weighted by molar-refractivity contribution is 7.82. The molecule has 0 aliphatic rings. The molecule has 0 saturated heterocycles. The first kappa shape index (κ1) is 23.5. The molecule has 30 heavy (non-hydrogen) atoms. The number of carboxylic acids is 1. The lowest BCUT2D eigenvalue weighted by Gasteiger charge is -2.31. The molecule has 0 saturated carbocycles. The highest BCUT2D eigenvalue weighted by atomic mass is 32.1. The third-order valence-electron chi connectivity index (χ3n) is 4.52. The van der Waals surface area contributed by atoms with Gasteiger partial charge >= 0.3 is 5.97 Å². The average Bonchev–Trinajstić information content (AvgIpc) is 2.68. The second kappa shape index (κ2) is 10.8. The minimum atomic E-state index is -1.52. The Morgan fingerprint density at radius 3 is 2.00 bits per heavy atom. The molecular weight excluding hydrogens is 400 g/mol. The van der Waals surface area contributed by atoms with E-state index in [4.69, 9.17) is 0 Å². The van der Waals surface area contributed by atoms with Gasteiger partial charge in [-0.05, 0) is 23.5 Å². The van der Waals surface area contributed by atoms with Crippen molar-refractivity contribution in [2.75, 3.05) is 0 Å². The number of carbonyl (C=O) groups is 3. The summed E-state index contributed by atoms with van der Waals surface area (Å²) in [5.74, 6) is -2.10. The molecular formula is C23H28N2O4S. The van der Waals surface area contributed by atoms with Crippen molar-refractivity contribution in [3.63, 3.8) is 0 Å². The van der Waals surface area contributed by atoms with Gasteiger partial charge in [0, 0.05) is 6.42 Å². The third-order valence-corrected chi connectivity index (χ3v) is 5.02. The molecule has 3 N–H and O–H groups in total. The van der Waals surface area contributed by atoms with Gasteiger partial charge in [0.15, 0.2) is 4.87 Å². The number of carboxylic acid groups (broad SMARTS) is 1. The molecule has 2 atom stereocenters. The van der Waals surface area contributed by atoms with Gasteiger partial charge in [-0.3, -0.25) is 9.59 Å². The van der Waals surface area contributed by atoms with Crippen LogP contribution in [0.4, 0.5) is 0 Å². The van der Waals surface area contributed by atoms with Gasteiger partial charge in [0.2, 0.25) is 5.91 Å². The average molecular weight is 429 g/mol. The van der Waals surface area contributed by atoms with E-state index in [1.54, 1.807) is 12.1 Å². The molecule has 2 amide bonds. The number of hydrogen-bond acceptors (Lipinski definition) is 4. The molecule has 0 fully saturated rings. The summed E-state index contributed by atoms with van der Waals surface area (Å²) in [7, 11) is 0. The van der Waals surface area contributed by atoms with Crippen LogP contribution in [0, 0.1) is 5.92 Å². The number of amides is 2. The SMILES string of the molecule is CC(C)CC(S)(NC(=O)Cc1ccccc1)C(=O)N[C@@H](Cc1ccccc1)C(=O)O. The molecule has 7 heteroatoms. The monoisotopic (exact) mass is 428 g/mol. The summed E-state index contributed by atoms with van der Waals surface area (Å²) in [6.45, 7) is 3.81. The standard InChI is InChI=1S/C23H28N2O4S/c1-16(2)15-23(30,25-20(26)14-18-11-7-4-8-12-18)22(29)24-19(21(27)28)13-17-9-5-3-6-10-17/h3-12,16,19,30H,13-15H2,1-2H3,(H,24,29)(H,25,26)(H,27,28)/t19-,23?/m0/s1. The second-order valence-electron chi connectivity index (χ2n) is 7.72. The minimum absolute atomic E-state index is 0.0441. The van der Waals surface area contributed by atoms with Crippen molar-refractivity contribution in [3.8, 4) is 0 Å². The van der Waals surface area contributed by atoms with E-state index in [9.17, 15) is 19.5 Å². The Balaban J connectivity index is 2.13. The molecule has 1 unspecified atom stereocenters. The smallest absolute Gasteiger partial charge is 0.326 e. The molecule has 6 nitrogen and oxygen atoms in total. The first-order chi connectivity index (χ1) is 14.2. The van der Waals surface area contributed by atoms with Crippen molar-refractivity contribution < 1.29 is 19.5 Å². The number of aliphatic carboxylic acids is 1. The van der Waals surface area contributed by atoms with E-state index in [2.05, 4.69) is 23.3 Å². The highest BCUT2D eigenvalue weighted by Crippen LogP contribution is 2.22. The fourth-order valence-electron chi connectivity index (χ4n) is 3.17. The summed E-state index contributed by atoms with van der Waals surface area (Å²) in [6.07, 6.45) is 0.479. The summed E-state index contributed by atoms with van der Waals surface area (Å²) < 4.78 is 0. The molecule has 0 radical (unpaired) electrons. The summed E-state index contributed by atoms with van der Waals surface area (Å²) >= 11 is 4.49. The van der Waals surface area contributed by atoms with Crippen LogP contribution in [0.25, 0.3) is 0 Å². The van der Waals surface area contributed by atoms with Crippen LogP contribution in [0.5, 0.6) is 0 Å². The van der Waals surface area contributed by atoms with E-state index in [1.807, 2.05) is 62.4 Å². The number of hydrogen-bond donors (Lipinski definition) is 4. The second-order valence-corrected chi connectivity index (χ2v) is 8.49. The Labute approximate surface area is 182 Å². The van der Waals surface area contributed by atoms with Gasteiger partial charge in [0.1, 0.15) is 6.04 Å². The molecule has 0 bridgehead atoms. The molecule has 2 rings (SSSR count). The maximum Gasteiger partial charge on any atom is 0.326 e. The number of carbonyl (C=O) groups excluding carboxylic acids is 2. The Morgan fingerprint density at radius 2 is 1.50 bits per heavy atom. The molecule has 0 aromatic heterocycles. The van der Waals surface area contributed by atoms with Crippen LogP contribution >= 0.6 is 12.6 Å². The van der Waals surface area contributed by atoms with Crippen molar-refractivity contribution in [1.82, 2.24) is 10.6 Å². The summed E-state index contributed by atoms with van der Waals surface area (Å²) in [5.41, 5.74) is 1.59. The van der Waals surface area contributed by atoms with E-state index < -0.39 is 22.8 Å². The maximum atomic E-state index is 13.0. The van der Waals surface area contributed by atoms with Crippen molar-refractivity contribution in [2.45, 2.75) is 44.0 Å². The molecule has 0 heterocycles. The van der Waals surface area contributed by atoms with Gasteiger partial charge in [0.25, 0.3) is 5.91 Å². The largest absolute Gasteiger partial charge is 0.480 e. The summed E-state index contributed by atoms with van der Waals surface area (Å²) in [4.78, 5) is 35.8. The van der Waals surface area contributed by atoms with E-state index >= 15 is 0 Å². The summed E-state index contributed by atoms with van der Waals surface area (Å²) in [6, 6.07) is 17.1. The van der Waals surface area contributed by atoms with Gasteiger partial charge in [0.05, 0.1) is 6.42 Å². The normalized spacial score (nSPS) is 13.9. The van der Waals surface area contributed by atoms with Crippen LogP contribution in [0.3, 0.4) is 0 Å². The van der Waals surface area contributed by atoms with Crippen molar-refractivity contribution in [3.05, 3.63) is 71.8 Å². The van der Waals surface area contributed by atoms with Crippen LogP contribution < -0.4 is 10.6 Å². The predicted octanol–water partition coefficient (Wildman–Crippen LogP) is 2.83. The topological polar surface area (TPSA) is 95.5 Å². The first-order valence-electron chi connectivity index (χ1n) is 9.84. The van der Waals surface area contributed by atoms with Crippen LogP contribution in [0.1, 0.15) is 31.4 Å². The van der Waals surface area contributed by atoms with Gasteiger partial charge in [-0.1, -0.05) is 74.5 Å². The van der Waals surface area contributed by atoms with Crippen LogP contribution in [0.15, 0.2) is 60.7 Å².